The molecule has 1 aliphatic carbocycles. The Hall–Kier alpha value is -0.590. The van der Waals surface area contributed by atoms with E-state index >= 15 is 0 Å². The molecule has 0 aromatic carbocycles. The molecule has 2 rings (SSSR count). The molecule has 0 spiro atoms. The van der Waals surface area contributed by atoms with Crippen LogP contribution in [0.1, 0.15) is 33.1 Å². The van der Waals surface area contributed by atoms with Gasteiger partial charge in [-0.2, -0.15) is 0 Å². The van der Waals surface area contributed by atoms with Crippen LogP contribution in [0.5, 0.6) is 0 Å². The maximum Gasteiger partial charge on any atom is 0.0458 e. The second-order valence-electron chi connectivity index (χ2n) is 4.01. The van der Waals surface area contributed by atoms with E-state index in [9.17, 15) is 0 Å². The Kier molecular flexibility index (Phi) is 2.03. The average molecular weight is 163 g/mol. The zero-order chi connectivity index (χ0) is 8.55. The number of nitrogens with zero attached hydrogens (tertiary/aromatic N) is 1. The molecule has 1 atom stereocenters. The first-order valence-corrected chi connectivity index (χ1v) is 5.03. The third-order valence-corrected chi connectivity index (χ3v) is 2.95. The van der Waals surface area contributed by atoms with Crippen LogP contribution in [0.15, 0.2) is 16.6 Å². The van der Waals surface area contributed by atoms with Crippen molar-refractivity contribution in [1.29, 1.82) is 0 Å². The van der Waals surface area contributed by atoms with E-state index in [4.69, 9.17) is 0 Å². The standard InChI is InChI=1S/C11H17N/c1-3-9-7-12-8(2)6-11(9)10-4-5-10/h6,9-10H,3-5,7H2,1-2H3. The minimum atomic E-state index is 0.765. The summed E-state index contributed by atoms with van der Waals surface area (Å²) in [4.78, 5) is 4.48. The summed E-state index contributed by atoms with van der Waals surface area (Å²) >= 11 is 0. The summed E-state index contributed by atoms with van der Waals surface area (Å²) in [7, 11) is 0. The number of hydrogen-bond acceptors (Lipinski definition) is 1. The summed E-state index contributed by atoms with van der Waals surface area (Å²) in [6.45, 7) is 5.44. The van der Waals surface area contributed by atoms with E-state index in [1.54, 1.807) is 5.57 Å². The highest BCUT2D eigenvalue weighted by atomic mass is 14.8. The van der Waals surface area contributed by atoms with Crippen LogP contribution in [0.2, 0.25) is 0 Å². The monoisotopic (exact) mass is 163 g/mol. The highest BCUT2D eigenvalue weighted by Crippen LogP contribution is 2.42. The summed E-state index contributed by atoms with van der Waals surface area (Å²) in [5.74, 6) is 1.70. The SMILES string of the molecule is CCC1CN=C(C)C=C1C1CC1. The van der Waals surface area contributed by atoms with Crippen LogP contribution < -0.4 is 0 Å². The molecule has 1 nitrogen and oxygen atoms in total. The van der Waals surface area contributed by atoms with E-state index in [2.05, 4.69) is 24.9 Å². The van der Waals surface area contributed by atoms with Crippen LogP contribution >= 0.6 is 0 Å². The summed E-state index contributed by atoms with van der Waals surface area (Å²) in [5, 5.41) is 0. The molecule has 1 heterocycles. The predicted octanol–water partition coefficient (Wildman–Crippen LogP) is 2.82. The quantitative estimate of drug-likeness (QED) is 0.593. The zero-order valence-corrected chi connectivity index (χ0v) is 8.01. The third-order valence-electron chi connectivity index (χ3n) is 2.95. The van der Waals surface area contributed by atoms with Crippen molar-refractivity contribution in [2.45, 2.75) is 33.1 Å². The first-order valence-electron chi connectivity index (χ1n) is 5.03. The van der Waals surface area contributed by atoms with Gasteiger partial charge in [0.25, 0.3) is 0 Å². The maximum atomic E-state index is 4.48. The van der Waals surface area contributed by atoms with Crippen LogP contribution in [0.3, 0.4) is 0 Å². The second-order valence-corrected chi connectivity index (χ2v) is 4.01. The van der Waals surface area contributed by atoms with Gasteiger partial charge in [-0.05, 0) is 44.1 Å². The predicted molar refractivity (Wildman–Crippen MR) is 52.6 cm³/mol. The van der Waals surface area contributed by atoms with Crippen molar-refractivity contribution >= 4 is 5.71 Å². The molecule has 0 aromatic rings. The van der Waals surface area contributed by atoms with Gasteiger partial charge in [0.1, 0.15) is 0 Å². The Morgan fingerprint density at radius 3 is 2.83 bits per heavy atom. The fraction of sp³-hybridized carbons (Fsp3) is 0.727. The Morgan fingerprint density at radius 1 is 1.50 bits per heavy atom. The number of rotatable bonds is 2. The van der Waals surface area contributed by atoms with Gasteiger partial charge in [-0.1, -0.05) is 12.5 Å². The lowest BCUT2D eigenvalue weighted by molar-refractivity contribution is 0.567. The molecule has 2 aliphatic rings. The van der Waals surface area contributed by atoms with Gasteiger partial charge in [-0.25, -0.2) is 0 Å². The summed E-state index contributed by atoms with van der Waals surface area (Å²) in [6, 6.07) is 0. The molecule has 1 heteroatoms. The Bertz CT molecular complexity index is 233. The van der Waals surface area contributed by atoms with Crippen molar-refractivity contribution < 1.29 is 0 Å². The van der Waals surface area contributed by atoms with E-state index < -0.39 is 0 Å². The highest BCUT2D eigenvalue weighted by molar-refractivity contribution is 5.94. The summed E-state index contributed by atoms with van der Waals surface area (Å²) in [6.07, 6.45) is 6.44. The van der Waals surface area contributed by atoms with Gasteiger partial charge in [0.2, 0.25) is 0 Å². The Morgan fingerprint density at radius 2 is 2.25 bits per heavy atom. The first kappa shape index (κ1) is 8.03. The molecule has 1 unspecified atom stereocenters. The van der Waals surface area contributed by atoms with Gasteiger partial charge in [0.15, 0.2) is 0 Å². The van der Waals surface area contributed by atoms with Crippen LogP contribution in [0.25, 0.3) is 0 Å². The van der Waals surface area contributed by atoms with Crippen molar-refractivity contribution in [3.63, 3.8) is 0 Å². The molecular formula is C11H17N. The average Bonchev–Trinajstić information content (AvgIpc) is 2.87. The molecule has 66 valence electrons. The smallest absolute Gasteiger partial charge is 0.0458 e. The van der Waals surface area contributed by atoms with Gasteiger partial charge in [-0.3, -0.25) is 4.99 Å². The normalized spacial score (nSPS) is 29.7. The Labute approximate surface area is 74.6 Å². The number of aliphatic imine (C=N–C) groups is 1. The van der Waals surface area contributed by atoms with Gasteiger partial charge in [-0.15, -0.1) is 0 Å². The molecule has 12 heavy (non-hydrogen) atoms. The van der Waals surface area contributed by atoms with Crippen LogP contribution in [0, 0.1) is 11.8 Å². The van der Waals surface area contributed by atoms with E-state index in [0.717, 1.165) is 18.4 Å². The number of allylic oxidation sites excluding steroid dienone is 1. The molecule has 0 radical (unpaired) electrons. The molecule has 0 aromatic heterocycles. The van der Waals surface area contributed by atoms with E-state index in [-0.39, 0.29) is 0 Å². The molecule has 1 saturated carbocycles. The van der Waals surface area contributed by atoms with Gasteiger partial charge < -0.3 is 0 Å². The van der Waals surface area contributed by atoms with Crippen molar-refractivity contribution in [1.82, 2.24) is 0 Å². The third kappa shape index (κ3) is 1.45. The van der Waals surface area contributed by atoms with Crippen LogP contribution in [-0.2, 0) is 0 Å². The molecule has 0 saturated heterocycles. The van der Waals surface area contributed by atoms with E-state index in [0.29, 0.717) is 0 Å². The molecule has 0 amide bonds. The largest absolute Gasteiger partial charge is 0.289 e. The van der Waals surface area contributed by atoms with E-state index in [1.807, 2.05) is 0 Å². The number of dihydropyridines is 1. The van der Waals surface area contributed by atoms with Crippen molar-refractivity contribution in [3.8, 4) is 0 Å². The van der Waals surface area contributed by atoms with Crippen molar-refractivity contribution in [2.75, 3.05) is 6.54 Å². The lowest BCUT2D eigenvalue weighted by Gasteiger charge is -2.20. The summed E-state index contributed by atoms with van der Waals surface area (Å²) < 4.78 is 0. The van der Waals surface area contributed by atoms with Crippen LogP contribution in [0.4, 0.5) is 0 Å². The van der Waals surface area contributed by atoms with Gasteiger partial charge >= 0.3 is 0 Å². The fourth-order valence-corrected chi connectivity index (χ4v) is 2.00. The molecular weight excluding hydrogens is 146 g/mol. The molecule has 0 N–H and O–H groups in total. The van der Waals surface area contributed by atoms with Crippen LogP contribution in [-0.4, -0.2) is 12.3 Å². The molecule has 0 bridgehead atoms. The highest BCUT2D eigenvalue weighted by Gasteiger charge is 2.31. The minimum absolute atomic E-state index is 0.765. The van der Waals surface area contributed by atoms with Gasteiger partial charge in [0, 0.05) is 12.3 Å². The van der Waals surface area contributed by atoms with Gasteiger partial charge in [0.05, 0.1) is 0 Å². The number of hydrogen-bond donors (Lipinski definition) is 0. The minimum Gasteiger partial charge on any atom is -0.289 e. The lowest BCUT2D eigenvalue weighted by Crippen LogP contribution is -2.15. The van der Waals surface area contributed by atoms with Crippen molar-refractivity contribution in [2.24, 2.45) is 16.8 Å². The van der Waals surface area contributed by atoms with Crippen molar-refractivity contribution in [3.05, 3.63) is 11.6 Å². The topological polar surface area (TPSA) is 12.4 Å². The second kappa shape index (κ2) is 3.04. The molecule has 1 aliphatic heterocycles. The Balaban J connectivity index is 2.16. The summed E-state index contributed by atoms with van der Waals surface area (Å²) in [5.41, 5.74) is 2.94. The fourth-order valence-electron chi connectivity index (χ4n) is 2.00. The zero-order valence-electron chi connectivity index (χ0n) is 8.01. The first-order chi connectivity index (χ1) is 5.81. The lowest BCUT2D eigenvalue weighted by atomic mass is 9.90. The molecule has 1 fully saturated rings. The van der Waals surface area contributed by atoms with E-state index in [1.165, 1.54) is 25.0 Å². The maximum absolute atomic E-state index is 4.48.